The van der Waals surface area contributed by atoms with Gasteiger partial charge in [0.2, 0.25) is 10.0 Å². The second-order valence-corrected chi connectivity index (χ2v) is 8.87. The third-order valence-electron chi connectivity index (χ3n) is 4.25. The van der Waals surface area contributed by atoms with Crippen molar-refractivity contribution < 1.29 is 30.8 Å². The number of alkyl halides is 3. The monoisotopic (exact) mass is 503 g/mol. The number of rotatable bonds is 10. The van der Waals surface area contributed by atoms with Gasteiger partial charge in [-0.2, -0.15) is 13.2 Å². The lowest BCUT2D eigenvalue weighted by molar-refractivity contribution is -0.141. The van der Waals surface area contributed by atoms with E-state index in [1.165, 1.54) is 24.3 Å². The molecular formula is C21H25F4N5O3S. The molecule has 13 heteroatoms. The molecule has 34 heavy (non-hydrogen) atoms. The largest absolute Gasteiger partial charge is 0.433 e. The second kappa shape index (κ2) is 11.2. The molecule has 0 aliphatic rings. The maximum atomic E-state index is 14.1. The van der Waals surface area contributed by atoms with E-state index in [4.69, 9.17) is 0 Å². The van der Waals surface area contributed by atoms with Crippen molar-refractivity contribution in [1.82, 2.24) is 15.6 Å². The molecule has 2 aromatic rings. The third kappa shape index (κ3) is 7.90. The summed E-state index contributed by atoms with van der Waals surface area (Å²) in [5.41, 5.74) is -0.588. The molecule has 2 rings (SSSR count). The number of carbonyl (C=O) groups is 1. The molecule has 0 atom stereocenters. The van der Waals surface area contributed by atoms with Crippen molar-refractivity contribution in [3.8, 4) is 0 Å². The van der Waals surface area contributed by atoms with Crippen LogP contribution in [0.25, 0.3) is 6.08 Å². The molecule has 1 amide bonds. The summed E-state index contributed by atoms with van der Waals surface area (Å²) in [6.07, 6.45) is -2.36. The molecule has 0 aliphatic heterocycles. The number of nitrogens with one attached hydrogen (secondary N) is 4. The lowest BCUT2D eigenvalue weighted by Crippen LogP contribution is -2.31. The Labute approximate surface area is 194 Å². The average Bonchev–Trinajstić information content (AvgIpc) is 2.73. The van der Waals surface area contributed by atoms with Crippen molar-refractivity contribution in [2.24, 2.45) is 0 Å². The van der Waals surface area contributed by atoms with E-state index < -0.39 is 33.6 Å². The fourth-order valence-corrected chi connectivity index (χ4v) is 3.39. The Hall–Kier alpha value is -3.35. The summed E-state index contributed by atoms with van der Waals surface area (Å²) < 4.78 is 77.7. The zero-order valence-corrected chi connectivity index (χ0v) is 19.5. The molecule has 8 nitrogen and oxygen atoms in total. The van der Waals surface area contributed by atoms with Crippen LogP contribution in [0.1, 0.15) is 30.7 Å². The molecule has 0 radical (unpaired) electrons. The number of likely N-dealkylation sites (N-methyl/N-ethyl adjacent to an activating group) is 1. The smallest absolute Gasteiger partial charge is 0.381 e. The summed E-state index contributed by atoms with van der Waals surface area (Å²) in [4.78, 5) is 16.3. The van der Waals surface area contributed by atoms with Crippen LogP contribution in [0.2, 0.25) is 0 Å². The van der Waals surface area contributed by atoms with Crippen LogP contribution in [0, 0.1) is 5.82 Å². The second-order valence-electron chi connectivity index (χ2n) is 7.12. The maximum absolute atomic E-state index is 14.1. The first kappa shape index (κ1) is 26.9. The number of benzene rings is 1. The minimum Gasteiger partial charge on any atom is -0.381 e. The summed E-state index contributed by atoms with van der Waals surface area (Å²) >= 11 is 0. The van der Waals surface area contributed by atoms with Gasteiger partial charge in [0.15, 0.2) is 0 Å². The standard InChI is InChI=1S/C21H25F4N5O3S/c1-4-26-17(11-14-7-9-18(21(23,24)25)29-19(14)27-5-2)20(31)28-12-13-6-8-16(15(22)10-13)30-34(3,32)33/h6-11,26,30H,4-5,12H2,1-3H3,(H,27,29)(H,28,31). The minimum atomic E-state index is -4.62. The average molecular weight is 504 g/mol. The Morgan fingerprint density at radius 3 is 2.35 bits per heavy atom. The first-order valence-electron chi connectivity index (χ1n) is 10.2. The van der Waals surface area contributed by atoms with Crippen LogP contribution < -0.4 is 20.7 Å². The predicted molar refractivity (Wildman–Crippen MR) is 122 cm³/mol. The predicted octanol–water partition coefficient (Wildman–Crippen LogP) is 3.31. The van der Waals surface area contributed by atoms with Gasteiger partial charge in [-0.3, -0.25) is 9.52 Å². The normalized spacial score (nSPS) is 12.3. The van der Waals surface area contributed by atoms with Crippen LogP contribution in [-0.4, -0.2) is 38.7 Å². The van der Waals surface area contributed by atoms with Crippen LogP contribution in [0.5, 0.6) is 0 Å². The Balaban J connectivity index is 2.23. The van der Waals surface area contributed by atoms with Gasteiger partial charge in [-0.1, -0.05) is 6.07 Å². The lowest BCUT2D eigenvalue weighted by atomic mass is 10.1. The van der Waals surface area contributed by atoms with Gasteiger partial charge >= 0.3 is 6.18 Å². The molecule has 1 aromatic heterocycles. The molecule has 0 saturated heterocycles. The van der Waals surface area contributed by atoms with Gasteiger partial charge in [0, 0.05) is 25.2 Å². The number of halogens is 4. The van der Waals surface area contributed by atoms with Crippen molar-refractivity contribution in [2.75, 3.05) is 29.4 Å². The zero-order chi connectivity index (χ0) is 25.5. The summed E-state index contributed by atoms with van der Waals surface area (Å²) in [6.45, 7) is 4.02. The van der Waals surface area contributed by atoms with Crippen molar-refractivity contribution in [2.45, 2.75) is 26.6 Å². The molecule has 0 aliphatic carbocycles. The number of aromatic nitrogens is 1. The van der Waals surface area contributed by atoms with Gasteiger partial charge < -0.3 is 16.0 Å². The molecule has 1 aromatic carbocycles. The van der Waals surface area contributed by atoms with E-state index in [2.05, 4.69) is 20.9 Å². The molecule has 0 spiro atoms. The number of carbonyl (C=O) groups excluding carboxylic acids is 1. The van der Waals surface area contributed by atoms with E-state index in [0.29, 0.717) is 18.7 Å². The Kier molecular flexibility index (Phi) is 8.85. The maximum Gasteiger partial charge on any atom is 0.433 e. The molecule has 186 valence electrons. The fourth-order valence-electron chi connectivity index (χ4n) is 2.82. The highest BCUT2D eigenvalue weighted by molar-refractivity contribution is 7.92. The molecule has 0 unspecified atom stereocenters. The van der Waals surface area contributed by atoms with E-state index >= 15 is 0 Å². The highest BCUT2D eigenvalue weighted by Gasteiger charge is 2.33. The first-order chi connectivity index (χ1) is 15.8. The van der Waals surface area contributed by atoms with E-state index in [9.17, 15) is 30.8 Å². The zero-order valence-electron chi connectivity index (χ0n) is 18.7. The van der Waals surface area contributed by atoms with E-state index in [1.807, 2.05) is 4.72 Å². The summed E-state index contributed by atoms with van der Waals surface area (Å²) in [6, 6.07) is 5.78. The van der Waals surface area contributed by atoms with Gasteiger partial charge in [-0.25, -0.2) is 17.8 Å². The molecule has 1 heterocycles. The molecule has 0 saturated carbocycles. The fraction of sp³-hybridized carbons (Fsp3) is 0.333. The topological polar surface area (TPSA) is 112 Å². The molecule has 0 fully saturated rings. The Bertz CT molecular complexity index is 1170. The molecule has 0 bridgehead atoms. The SMILES string of the molecule is CCNC(=Cc1ccc(C(F)(F)F)nc1NCC)C(=O)NCc1ccc(NS(C)(=O)=O)c(F)c1. The van der Waals surface area contributed by atoms with Gasteiger partial charge in [-0.15, -0.1) is 0 Å². The lowest BCUT2D eigenvalue weighted by Gasteiger charge is -2.14. The van der Waals surface area contributed by atoms with Crippen LogP contribution >= 0.6 is 0 Å². The van der Waals surface area contributed by atoms with E-state index in [1.54, 1.807) is 13.8 Å². The number of nitrogens with zero attached hydrogens (tertiary/aromatic N) is 1. The third-order valence-corrected chi connectivity index (χ3v) is 4.85. The van der Waals surface area contributed by atoms with Crippen LogP contribution in [0.4, 0.5) is 29.1 Å². The van der Waals surface area contributed by atoms with E-state index in [-0.39, 0.29) is 29.3 Å². The first-order valence-corrected chi connectivity index (χ1v) is 12.0. The van der Waals surface area contributed by atoms with Crippen molar-refractivity contribution in [1.29, 1.82) is 0 Å². The Morgan fingerprint density at radius 2 is 1.79 bits per heavy atom. The molecule has 4 N–H and O–H groups in total. The van der Waals surface area contributed by atoms with Gasteiger partial charge in [-0.05, 0) is 49.8 Å². The van der Waals surface area contributed by atoms with Gasteiger partial charge in [0.25, 0.3) is 5.91 Å². The van der Waals surface area contributed by atoms with Crippen LogP contribution in [0.15, 0.2) is 36.0 Å². The molecular weight excluding hydrogens is 478 g/mol. The van der Waals surface area contributed by atoms with Gasteiger partial charge in [0.1, 0.15) is 23.0 Å². The number of hydrogen-bond acceptors (Lipinski definition) is 6. The Morgan fingerprint density at radius 1 is 1.09 bits per heavy atom. The van der Waals surface area contributed by atoms with Crippen molar-refractivity contribution >= 4 is 33.5 Å². The summed E-state index contributed by atoms with van der Waals surface area (Å²) in [5, 5.41) is 8.19. The number of amides is 1. The minimum absolute atomic E-state index is 0.0310. The number of pyridine rings is 1. The number of sulfonamides is 1. The number of hydrogen-bond donors (Lipinski definition) is 4. The van der Waals surface area contributed by atoms with E-state index in [0.717, 1.165) is 18.4 Å². The van der Waals surface area contributed by atoms with Crippen LogP contribution in [-0.2, 0) is 27.5 Å². The van der Waals surface area contributed by atoms with Crippen LogP contribution in [0.3, 0.4) is 0 Å². The van der Waals surface area contributed by atoms with Gasteiger partial charge in [0.05, 0.1) is 11.9 Å². The summed E-state index contributed by atoms with van der Waals surface area (Å²) in [5.74, 6) is -1.43. The van der Waals surface area contributed by atoms with Crippen molar-refractivity contribution in [3.63, 3.8) is 0 Å². The van der Waals surface area contributed by atoms with Crippen molar-refractivity contribution in [3.05, 3.63) is 58.7 Å². The highest BCUT2D eigenvalue weighted by Crippen LogP contribution is 2.30. The number of anilines is 2. The quantitative estimate of drug-likeness (QED) is 0.292. The highest BCUT2D eigenvalue weighted by atomic mass is 32.2. The summed E-state index contributed by atoms with van der Waals surface area (Å²) in [7, 11) is -3.65.